The highest BCUT2D eigenvalue weighted by atomic mass is 79.9. The topological polar surface area (TPSA) is 22.1 Å². The van der Waals surface area contributed by atoms with Crippen LogP contribution in [-0.4, -0.2) is 12.1 Å². The summed E-state index contributed by atoms with van der Waals surface area (Å²) in [5, 5.41) is 3.41. The summed E-state index contributed by atoms with van der Waals surface area (Å²) < 4.78 is 5.24. The van der Waals surface area contributed by atoms with Gasteiger partial charge in [-0.2, -0.15) is 0 Å². The summed E-state index contributed by atoms with van der Waals surface area (Å²) in [6, 6.07) is 11.9. The van der Waals surface area contributed by atoms with Crippen molar-refractivity contribution in [2.45, 2.75) is 5.33 Å². The summed E-state index contributed by atoms with van der Waals surface area (Å²) in [5.41, 5.74) is 2.97. The summed E-state index contributed by atoms with van der Waals surface area (Å²) in [6.45, 7) is 0. The van der Waals surface area contributed by atoms with E-state index in [0.29, 0.717) is 0 Å². The van der Waals surface area contributed by atoms with E-state index in [2.05, 4.69) is 33.0 Å². The second-order valence-electron chi connectivity index (χ2n) is 4.29. The monoisotopic (exact) mass is 335 g/mol. The third kappa shape index (κ3) is 2.17. The lowest BCUT2D eigenvalue weighted by atomic mass is 10.1. The molecule has 0 aliphatic carbocycles. The van der Waals surface area contributed by atoms with Crippen LogP contribution in [0, 0.1) is 0 Å². The average molecular weight is 337 g/mol. The maximum Gasteiger partial charge on any atom is 0.119 e. The van der Waals surface area contributed by atoms with Crippen LogP contribution >= 0.6 is 27.5 Å². The Hall–Kier alpha value is -1.32. The Morgan fingerprint density at radius 3 is 2.47 bits per heavy atom. The van der Waals surface area contributed by atoms with Gasteiger partial charge in [0.1, 0.15) is 5.75 Å². The van der Waals surface area contributed by atoms with Gasteiger partial charge in [0.25, 0.3) is 0 Å². The van der Waals surface area contributed by atoms with Gasteiger partial charge in [-0.3, -0.25) is 0 Å². The van der Waals surface area contributed by atoms with Gasteiger partial charge >= 0.3 is 0 Å². The van der Waals surface area contributed by atoms with Crippen LogP contribution in [0.5, 0.6) is 5.75 Å². The molecular weight excluding hydrogens is 326 g/mol. The maximum absolute atomic E-state index is 6.52. The molecule has 0 bridgehead atoms. The van der Waals surface area contributed by atoms with Crippen molar-refractivity contribution in [2.75, 3.05) is 7.11 Å². The Kier molecular flexibility index (Phi) is 3.33. The van der Waals surface area contributed by atoms with E-state index in [4.69, 9.17) is 16.3 Å². The molecule has 1 aromatic heterocycles. The molecule has 0 aliphatic heterocycles. The van der Waals surface area contributed by atoms with Gasteiger partial charge in [0.15, 0.2) is 0 Å². The van der Waals surface area contributed by atoms with Crippen molar-refractivity contribution < 1.29 is 4.74 Å². The molecule has 4 heteroatoms. The van der Waals surface area contributed by atoms with Crippen LogP contribution in [0.2, 0.25) is 5.02 Å². The van der Waals surface area contributed by atoms with Gasteiger partial charge < -0.3 is 4.74 Å². The number of hydrogen-bond acceptors (Lipinski definition) is 2. The number of methoxy groups -OCH3 is 1. The number of alkyl halides is 1. The molecule has 3 aromatic rings. The van der Waals surface area contributed by atoms with E-state index < -0.39 is 0 Å². The van der Waals surface area contributed by atoms with Crippen molar-refractivity contribution >= 4 is 49.3 Å². The molecule has 0 atom stereocenters. The first kappa shape index (κ1) is 12.7. The van der Waals surface area contributed by atoms with E-state index in [1.54, 1.807) is 7.11 Å². The number of halogens is 2. The highest BCUT2D eigenvalue weighted by molar-refractivity contribution is 9.08. The second kappa shape index (κ2) is 4.99. The zero-order valence-electron chi connectivity index (χ0n) is 10.3. The SMILES string of the molecule is COc1ccc2nc3ccc(CBr)cc3c(Cl)c2c1. The van der Waals surface area contributed by atoms with Crippen molar-refractivity contribution in [3.63, 3.8) is 0 Å². The summed E-state index contributed by atoms with van der Waals surface area (Å²) in [5.74, 6) is 0.784. The standard InChI is InChI=1S/C15H11BrClNO/c1-19-10-3-5-14-12(7-10)15(17)11-6-9(8-16)2-4-13(11)18-14/h2-7H,8H2,1H3. The number of pyridine rings is 1. The largest absolute Gasteiger partial charge is 0.497 e. The van der Waals surface area contributed by atoms with Crippen LogP contribution in [0.3, 0.4) is 0 Å². The molecule has 0 spiro atoms. The molecule has 3 rings (SSSR count). The molecule has 2 aromatic carbocycles. The van der Waals surface area contributed by atoms with E-state index in [1.807, 2.05) is 24.3 Å². The summed E-state index contributed by atoms with van der Waals surface area (Å²) >= 11 is 9.98. The molecule has 96 valence electrons. The van der Waals surface area contributed by atoms with Crippen molar-refractivity contribution in [3.8, 4) is 5.75 Å². The highest BCUT2D eigenvalue weighted by Gasteiger charge is 2.09. The van der Waals surface area contributed by atoms with Gasteiger partial charge in [-0.05, 0) is 35.9 Å². The molecular formula is C15H11BrClNO. The number of nitrogens with zero attached hydrogens (tertiary/aromatic N) is 1. The van der Waals surface area contributed by atoms with Crippen molar-refractivity contribution in [2.24, 2.45) is 0 Å². The number of hydrogen-bond donors (Lipinski definition) is 0. The molecule has 1 heterocycles. The van der Waals surface area contributed by atoms with E-state index in [0.717, 1.165) is 37.9 Å². The number of rotatable bonds is 2. The van der Waals surface area contributed by atoms with Gasteiger partial charge in [-0.1, -0.05) is 33.6 Å². The Morgan fingerprint density at radius 1 is 1.11 bits per heavy atom. The van der Waals surface area contributed by atoms with Crippen LogP contribution in [-0.2, 0) is 5.33 Å². The lowest BCUT2D eigenvalue weighted by molar-refractivity contribution is 0.415. The molecule has 0 saturated heterocycles. The van der Waals surface area contributed by atoms with Crippen LogP contribution in [0.1, 0.15) is 5.56 Å². The van der Waals surface area contributed by atoms with Gasteiger partial charge in [0, 0.05) is 16.1 Å². The first-order valence-electron chi connectivity index (χ1n) is 5.85. The van der Waals surface area contributed by atoms with Crippen LogP contribution in [0.15, 0.2) is 36.4 Å². The summed E-state index contributed by atoms with van der Waals surface area (Å²) in [4.78, 5) is 4.63. The molecule has 0 fully saturated rings. The van der Waals surface area contributed by atoms with Crippen LogP contribution < -0.4 is 4.74 Å². The fraction of sp³-hybridized carbons (Fsp3) is 0.133. The lowest BCUT2D eigenvalue weighted by Gasteiger charge is -2.08. The number of fused-ring (bicyclic) bond motifs is 2. The minimum atomic E-state index is 0.724. The molecule has 19 heavy (non-hydrogen) atoms. The van der Waals surface area contributed by atoms with Crippen molar-refractivity contribution in [3.05, 3.63) is 47.0 Å². The predicted octanol–water partition coefficient (Wildman–Crippen LogP) is 4.94. The normalized spacial score (nSPS) is 11.1. The zero-order valence-corrected chi connectivity index (χ0v) is 12.6. The van der Waals surface area contributed by atoms with Crippen LogP contribution in [0.4, 0.5) is 0 Å². The van der Waals surface area contributed by atoms with Gasteiger partial charge in [-0.15, -0.1) is 0 Å². The number of aromatic nitrogens is 1. The van der Waals surface area contributed by atoms with E-state index in [1.165, 1.54) is 5.56 Å². The van der Waals surface area contributed by atoms with Gasteiger partial charge in [0.05, 0.1) is 23.2 Å². The Morgan fingerprint density at radius 2 is 1.79 bits per heavy atom. The first-order valence-corrected chi connectivity index (χ1v) is 7.34. The quantitative estimate of drug-likeness (QED) is 0.488. The Labute approximate surface area is 124 Å². The van der Waals surface area contributed by atoms with Crippen molar-refractivity contribution in [1.29, 1.82) is 0 Å². The molecule has 0 radical (unpaired) electrons. The minimum absolute atomic E-state index is 0.724. The van der Waals surface area contributed by atoms with E-state index >= 15 is 0 Å². The lowest BCUT2D eigenvalue weighted by Crippen LogP contribution is -1.88. The molecule has 2 nitrogen and oxygen atoms in total. The summed E-state index contributed by atoms with van der Waals surface area (Å²) in [6.07, 6.45) is 0. The third-order valence-electron chi connectivity index (χ3n) is 3.13. The first-order chi connectivity index (χ1) is 9.22. The fourth-order valence-corrected chi connectivity index (χ4v) is 2.78. The zero-order chi connectivity index (χ0) is 13.4. The molecule has 0 amide bonds. The Balaban J connectivity index is 2.39. The molecule has 0 saturated carbocycles. The van der Waals surface area contributed by atoms with Gasteiger partial charge in [0.2, 0.25) is 0 Å². The molecule has 0 N–H and O–H groups in total. The molecule has 0 unspecified atom stereocenters. The predicted molar refractivity (Wildman–Crippen MR) is 83.4 cm³/mol. The van der Waals surface area contributed by atoms with E-state index in [-0.39, 0.29) is 0 Å². The van der Waals surface area contributed by atoms with Crippen molar-refractivity contribution in [1.82, 2.24) is 4.98 Å². The fourth-order valence-electron chi connectivity index (χ4n) is 2.13. The second-order valence-corrected chi connectivity index (χ2v) is 5.23. The Bertz CT molecular complexity index is 711. The maximum atomic E-state index is 6.52. The number of benzene rings is 2. The summed E-state index contributed by atoms with van der Waals surface area (Å²) in [7, 11) is 1.65. The smallest absolute Gasteiger partial charge is 0.119 e. The van der Waals surface area contributed by atoms with E-state index in [9.17, 15) is 0 Å². The third-order valence-corrected chi connectivity index (χ3v) is 4.19. The average Bonchev–Trinajstić information content (AvgIpc) is 2.47. The number of ether oxygens (including phenoxy) is 1. The molecule has 0 aliphatic rings. The van der Waals surface area contributed by atoms with Crippen LogP contribution in [0.25, 0.3) is 21.8 Å². The highest BCUT2D eigenvalue weighted by Crippen LogP contribution is 2.33. The minimum Gasteiger partial charge on any atom is -0.497 e. The van der Waals surface area contributed by atoms with Gasteiger partial charge in [-0.25, -0.2) is 4.98 Å².